The van der Waals surface area contributed by atoms with Crippen molar-refractivity contribution in [2.45, 2.75) is 13.3 Å². The number of nitro groups is 1. The minimum Gasteiger partial charge on any atom is -0.457 e. The molecular formula is C17H13Cl2NO5. The predicted molar refractivity (Wildman–Crippen MR) is 93.3 cm³/mol. The van der Waals surface area contributed by atoms with Crippen LogP contribution < -0.4 is 0 Å². The van der Waals surface area contributed by atoms with E-state index < -0.39 is 23.3 Å². The molecule has 0 aromatic heterocycles. The van der Waals surface area contributed by atoms with E-state index >= 15 is 0 Å². The van der Waals surface area contributed by atoms with E-state index in [1.54, 1.807) is 19.1 Å². The van der Waals surface area contributed by atoms with Gasteiger partial charge in [0.05, 0.1) is 11.3 Å². The molecule has 0 spiro atoms. The Labute approximate surface area is 153 Å². The van der Waals surface area contributed by atoms with Gasteiger partial charge in [0.25, 0.3) is 5.69 Å². The van der Waals surface area contributed by atoms with E-state index in [1.165, 1.54) is 24.3 Å². The van der Waals surface area contributed by atoms with Gasteiger partial charge in [-0.2, -0.15) is 0 Å². The summed E-state index contributed by atoms with van der Waals surface area (Å²) in [6.07, 6.45) is -0.114. The van der Waals surface area contributed by atoms with Crippen molar-refractivity contribution in [1.29, 1.82) is 0 Å². The molecule has 0 unspecified atom stereocenters. The van der Waals surface area contributed by atoms with Crippen LogP contribution in [0, 0.1) is 17.0 Å². The summed E-state index contributed by atoms with van der Waals surface area (Å²) in [6, 6.07) is 8.78. The molecule has 0 amide bonds. The van der Waals surface area contributed by atoms with Gasteiger partial charge in [-0.05, 0) is 24.6 Å². The molecule has 0 aliphatic carbocycles. The van der Waals surface area contributed by atoms with Crippen molar-refractivity contribution in [3.63, 3.8) is 0 Å². The fraction of sp³-hybridized carbons (Fsp3) is 0.176. The van der Waals surface area contributed by atoms with E-state index in [0.717, 1.165) is 0 Å². The van der Waals surface area contributed by atoms with Crippen molar-refractivity contribution >= 4 is 40.6 Å². The van der Waals surface area contributed by atoms with Crippen molar-refractivity contribution in [3.8, 4) is 0 Å². The van der Waals surface area contributed by atoms with Gasteiger partial charge in [0.2, 0.25) is 5.78 Å². The number of rotatable bonds is 6. The molecule has 0 atom stereocenters. The maximum absolute atomic E-state index is 12.1. The maximum atomic E-state index is 12.1. The summed E-state index contributed by atoms with van der Waals surface area (Å²) in [5, 5.41) is 11.7. The highest BCUT2D eigenvalue weighted by Crippen LogP contribution is 2.22. The maximum Gasteiger partial charge on any atom is 0.310 e. The molecule has 2 aromatic carbocycles. The second-order valence-electron chi connectivity index (χ2n) is 5.25. The van der Waals surface area contributed by atoms with Crippen molar-refractivity contribution in [2.24, 2.45) is 0 Å². The Kier molecular flexibility index (Phi) is 6.12. The lowest BCUT2D eigenvalue weighted by molar-refractivity contribution is -0.385. The summed E-state index contributed by atoms with van der Waals surface area (Å²) in [7, 11) is 0. The van der Waals surface area contributed by atoms with Crippen molar-refractivity contribution in [1.82, 2.24) is 0 Å². The van der Waals surface area contributed by atoms with Crippen LogP contribution in [0.25, 0.3) is 0 Å². The molecule has 0 bridgehead atoms. The number of nitro benzene ring substituents is 1. The molecule has 0 heterocycles. The SMILES string of the molecule is Cc1ccc(C(=O)COC(=O)Cc2ccc(Cl)cc2Cl)cc1[N+](=O)[O-]. The molecule has 8 heteroatoms. The quantitative estimate of drug-likeness (QED) is 0.324. The van der Waals surface area contributed by atoms with Crippen LogP contribution in [-0.2, 0) is 16.0 Å². The number of hydrogen-bond donors (Lipinski definition) is 0. The standard InChI is InChI=1S/C17H13Cl2NO5/c1-10-2-3-12(6-15(10)20(23)24)16(21)9-25-17(22)7-11-4-5-13(18)8-14(11)19/h2-6,8H,7,9H2,1H3. The Hall–Kier alpha value is -2.44. The molecule has 2 aromatic rings. The predicted octanol–water partition coefficient (Wildman–Crippen LogP) is 4.18. The number of benzene rings is 2. The number of esters is 1. The van der Waals surface area contributed by atoms with E-state index in [1.807, 2.05) is 0 Å². The third-order valence-electron chi connectivity index (χ3n) is 3.44. The molecule has 0 N–H and O–H groups in total. The Morgan fingerprint density at radius 3 is 2.52 bits per heavy atom. The number of halogens is 2. The molecule has 0 fully saturated rings. The van der Waals surface area contributed by atoms with Crippen LogP contribution in [0.5, 0.6) is 0 Å². The average Bonchev–Trinajstić information content (AvgIpc) is 2.55. The summed E-state index contributed by atoms with van der Waals surface area (Å²) < 4.78 is 4.93. The Morgan fingerprint density at radius 2 is 1.88 bits per heavy atom. The van der Waals surface area contributed by atoms with Gasteiger partial charge >= 0.3 is 5.97 Å². The van der Waals surface area contributed by atoms with Gasteiger partial charge in [0.1, 0.15) is 0 Å². The minimum absolute atomic E-state index is 0.106. The summed E-state index contributed by atoms with van der Waals surface area (Å²) in [6.45, 7) is 1.06. The van der Waals surface area contributed by atoms with Gasteiger partial charge in [-0.3, -0.25) is 19.7 Å². The highest BCUT2D eigenvalue weighted by molar-refractivity contribution is 6.35. The van der Waals surface area contributed by atoms with E-state index in [2.05, 4.69) is 0 Å². The lowest BCUT2D eigenvalue weighted by Gasteiger charge is -2.07. The molecule has 2 rings (SSSR count). The Balaban J connectivity index is 1.98. The molecular weight excluding hydrogens is 369 g/mol. The van der Waals surface area contributed by atoms with Crippen LogP contribution in [-0.4, -0.2) is 23.3 Å². The van der Waals surface area contributed by atoms with Gasteiger partial charge in [0.15, 0.2) is 6.61 Å². The van der Waals surface area contributed by atoms with E-state index in [0.29, 0.717) is 21.2 Å². The third kappa shape index (κ3) is 5.01. The molecule has 0 aliphatic rings. The van der Waals surface area contributed by atoms with Crippen molar-refractivity contribution in [3.05, 3.63) is 73.2 Å². The van der Waals surface area contributed by atoms with Crippen LogP contribution in [0.3, 0.4) is 0 Å². The number of hydrogen-bond acceptors (Lipinski definition) is 5. The zero-order chi connectivity index (χ0) is 18.6. The minimum atomic E-state index is -0.640. The van der Waals surface area contributed by atoms with Crippen molar-refractivity contribution < 1.29 is 19.2 Å². The zero-order valence-corrected chi connectivity index (χ0v) is 14.6. The van der Waals surface area contributed by atoms with Crippen LogP contribution in [0.1, 0.15) is 21.5 Å². The summed E-state index contributed by atoms with van der Waals surface area (Å²) in [5.74, 6) is -1.17. The van der Waals surface area contributed by atoms with Gasteiger partial charge in [-0.25, -0.2) is 0 Å². The van der Waals surface area contributed by atoms with Crippen LogP contribution in [0.15, 0.2) is 36.4 Å². The Bertz CT molecular complexity index is 851. The second-order valence-corrected chi connectivity index (χ2v) is 6.10. The lowest BCUT2D eigenvalue weighted by Crippen LogP contribution is -2.16. The number of nitrogens with zero attached hydrogens (tertiary/aromatic N) is 1. The van der Waals surface area contributed by atoms with E-state index in [4.69, 9.17) is 27.9 Å². The topological polar surface area (TPSA) is 86.5 Å². The fourth-order valence-electron chi connectivity index (χ4n) is 2.08. The summed E-state index contributed by atoms with van der Waals surface area (Å²) in [5.41, 5.74) is 0.908. The lowest BCUT2D eigenvalue weighted by atomic mass is 10.1. The second kappa shape index (κ2) is 8.09. The normalized spacial score (nSPS) is 10.4. The monoisotopic (exact) mass is 381 g/mol. The smallest absolute Gasteiger partial charge is 0.310 e. The van der Waals surface area contributed by atoms with Gasteiger partial charge in [-0.15, -0.1) is 0 Å². The van der Waals surface area contributed by atoms with E-state index in [-0.39, 0.29) is 17.7 Å². The number of carbonyl (C=O) groups excluding carboxylic acids is 2. The van der Waals surface area contributed by atoms with Crippen LogP contribution in [0.4, 0.5) is 5.69 Å². The summed E-state index contributed by atoms with van der Waals surface area (Å²) in [4.78, 5) is 34.2. The number of Topliss-reactive ketones (excluding diaryl/α,β-unsaturated/α-hetero) is 1. The first-order chi connectivity index (χ1) is 11.8. The molecule has 0 saturated carbocycles. The first kappa shape index (κ1) is 18.9. The number of ketones is 1. The average molecular weight is 382 g/mol. The van der Waals surface area contributed by atoms with Gasteiger partial charge in [0, 0.05) is 27.2 Å². The van der Waals surface area contributed by atoms with Crippen LogP contribution >= 0.6 is 23.2 Å². The fourth-order valence-corrected chi connectivity index (χ4v) is 2.56. The zero-order valence-electron chi connectivity index (χ0n) is 13.1. The van der Waals surface area contributed by atoms with Gasteiger partial charge < -0.3 is 4.74 Å². The molecule has 25 heavy (non-hydrogen) atoms. The first-order valence-electron chi connectivity index (χ1n) is 7.15. The molecule has 6 nitrogen and oxygen atoms in total. The van der Waals surface area contributed by atoms with Crippen molar-refractivity contribution in [2.75, 3.05) is 6.61 Å². The molecule has 0 aliphatic heterocycles. The first-order valence-corrected chi connectivity index (χ1v) is 7.91. The number of aryl methyl sites for hydroxylation is 1. The molecule has 130 valence electrons. The highest BCUT2D eigenvalue weighted by Gasteiger charge is 2.17. The number of ether oxygens (including phenoxy) is 1. The van der Waals surface area contributed by atoms with E-state index in [9.17, 15) is 19.7 Å². The largest absolute Gasteiger partial charge is 0.457 e. The number of carbonyl (C=O) groups is 2. The van der Waals surface area contributed by atoms with Crippen LogP contribution in [0.2, 0.25) is 10.0 Å². The molecule has 0 saturated heterocycles. The Morgan fingerprint density at radius 1 is 1.16 bits per heavy atom. The summed E-state index contributed by atoms with van der Waals surface area (Å²) >= 11 is 11.7. The third-order valence-corrected chi connectivity index (χ3v) is 4.03. The molecule has 0 radical (unpaired) electrons. The van der Waals surface area contributed by atoms with Gasteiger partial charge in [-0.1, -0.05) is 41.4 Å². The highest BCUT2D eigenvalue weighted by atomic mass is 35.5.